The molecule has 1 amide bonds. The highest BCUT2D eigenvalue weighted by atomic mass is 19.1. The molecular formula is C16H16FN3O3. The van der Waals surface area contributed by atoms with Crippen molar-refractivity contribution in [2.24, 2.45) is 0 Å². The Morgan fingerprint density at radius 3 is 2.35 bits per heavy atom. The maximum Gasteiger partial charge on any atom is 0.269 e. The number of nitro benzene ring substituents is 1. The van der Waals surface area contributed by atoms with Gasteiger partial charge in [0.1, 0.15) is 11.9 Å². The molecule has 120 valence electrons. The first kappa shape index (κ1) is 16.4. The van der Waals surface area contributed by atoms with Crippen LogP contribution in [-0.4, -0.2) is 16.9 Å². The monoisotopic (exact) mass is 317 g/mol. The minimum atomic E-state index is -0.604. The van der Waals surface area contributed by atoms with Gasteiger partial charge in [-0.3, -0.25) is 14.9 Å². The molecular weight excluding hydrogens is 301 g/mol. The summed E-state index contributed by atoms with van der Waals surface area (Å²) in [4.78, 5) is 22.1. The molecule has 0 aliphatic rings. The van der Waals surface area contributed by atoms with E-state index in [4.69, 9.17) is 0 Å². The van der Waals surface area contributed by atoms with Crippen molar-refractivity contribution < 1.29 is 14.1 Å². The molecule has 23 heavy (non-hydrogen) atoms. The Hall–Kier alpha value is -2.96. The smallest absolute Gasteiger partial charge is 0.269 e. The molecule has 2 aromatic rings. The summed E-state index contributed by atoms with van der Waals surface area (Å²) in [5.74, 6) is -0.683. The molecule has 0 aliphatic heterocycles. The first-order chi connectivity index (χ1) is 10.9. The molecule has 0 saturated carbocycles. The van der Waals surface area contributed by atoms with Crippen LogP contribution in [0.2, 0.25) is 0 Å². The second kappa shape index (κ2) is 6.87. The summed E-state index contributed by atoms with van der Waals surface area (Å²) in [6, 6.07) is 9.55. The van der Waals surface area contributed by atoms with Gasteiger partial charge >= 0.3 is 0 Å². The SMILES string of the molecule is Cc1ccc(N[C@H](C)C(=O)Nc2ccc([N+](=O)[O-])cc2)cc1F. The standard InChI is InChI=1S/C16H16FN3O3/c1-10-3-4-13(9-15(10)17)18-11(2)16(21)19-12-5-7-14(8-6-12)20(22)23/h3-9,11,18H,1-2H3,(H,19,21)/t11-/m1/s1. The number of carbonyl (C=O) groups excluding carboxylic acids is 1. The lowest BCUT2D eigenvalue weighted by molar-refractivity contribution is -0.384. The Labute approximate surface area is 132 Å². The number of aryl methyl sites for hydroxylation is 1. The van der Waals surface area contributed by atoms with Crippen LogP contribution in [-0.2, 0) is 4.79 Å². The van der Waals surface area contributed by atoms with Crippen molar-refractivity contribution in [2.45, 2.75) is 19.9 Å². The molecule has 0 unspecified atom stereocenters. The molecule has 0 fully saturated rings. The predicted octanol–water partition coefficient (Wildman–Crippen LogP) is 3.48. The lowest BCUT2D eigenvalue weighted by atomic mass is 10.2. The molecule has 7 heteroatoms. The van der Waals surface area contributed by atoms with E-state index >= 15 is 0 Å². The number of nitrogens with one attached hydrogen (secondary N) is 2. The number of benzene rings is 2. The molecule has 0 aliphatic carbocycles. The van der Waals surface area contributed by atoms with Crippen LogP contribution in [0.3, 0.4) is 0 Å². The Morgan fingerprint density at radius 2 is 1.78 bits per heavy atom. The average molecular weight is 317 g/mol. The number of hydrogen-bond acceptors (Lipinski definition) is 4. The Morgan fingerprint density at radius 1 is 1.17 bits per heavy atom. The zero-order valence-corrected chi connectivity index (χ0v) is 12.7. The van der Waals surface area contributed by atoms with Crippen LogP contribution in [0.4, 0.5) is 21.5 Å². The summed E-state index contributed by atoms with van der Waals surface area (Å²) >= 11 is 0. The Kier molecular flexibility index (Phi) is 4.90. The fraction of sp³-hybridized carbons (Fsp3) is 0.188. The van der Waals surface area contributed by atoms with Gasteiger partial charge in [0.2, 0.25) is 5.91 Å². The van der Waals surface area contributed by atoms with Crippen LogP contribution in [0.1, 0.15) is 12.5 Å². The third kappa shape index (κ3) is 4.26. The normalized spacial score (nSPS) is 11.6. The molecule has 0 spiro atoms. The van der Waals surface area contributed by atoms with E-state index in [1.165, 1.54) is 30.3 Å². The molecule has 1 atom stereocenters. The molecule has 0 aromatic heterocycles. The number of anilines is 2. The number of nitrogens with zero attached hydrogens (tertiary/aromatic N) is 1. The van der Waals surface area contributed by atoms with Crippen molar-refractivity contribution in [1.82, 2.24) is 0 Å². The number of carbonyl (C=O) groups is 1. The fourth-order valence-electron chi connectivity index (χ4n) is 1.92. The summed E-state index contributed by atoms with van der Waals surface area (Å²) in [6.07, 6.45) is 0. The van der Waals surface area contributed by atoms with Crippen LogP contribution in [0.25, 0.3) is 0 Å². The largest absolute Gasteiger partial charge is 0.374 e. The van der Waals surface area contributed by atoms with Gasteiger partial charge < -0.3 is 10.6 Å². The van der Waals surface area contributed by atoms with Gasteiger partial charge in [0, 0.05) is 23.5 Å². The fourth-order valence-corrected chi connectivity index (χ4v) is 1.92. The van der Waals surface area contributed by atoms with Crippen molar-refractivity contribution in [2.75, 3.05) is 10.6 Å². The minimum Gasteiger partial charge on any atom is -0.374 e. The second-order valence-corrected chi connectivity index (χ2v) is 5.12. The molecule has 0 bridgehead atoms. The molecule has 0 radical (unpaired) electrons. The van der Waals surface area contributed by atoms with Crippen molar-refractivity contribution in [1.29, 1.82) is 0 Å². The second-order valence-electron chi connectivity index (χ2n) is 5.12. The van der Waals surface area contributed by atoms with E-state index in [-0.39, 0.29) is 17.4 Å². The van der Waals surface area contributed by atoms with Gasteiger partial charge in [0.15, 0.2) is 0 Å². The summed E-state index contributed by atoms with van der Waals surface area (Å²) < 4.78 is 13.5. The van der Waals surface area contributed by atoms with Crippen molar-refractivity contribution >= 4 is 23.0 Å². The first-order valence-electron chi connectivity index (χ1n) is 6.95. The summed E-state index contributed by atoms with van der Waals surface area (Å²) in [5.41, 5.74) is 1.42. The lowest BCUT2D eigenvalue weighted by Crippen LogP contribution is -2.31. The van der Waals surface area contributed by atoms with E-state index < -0.39 is 11.0 Å². The highest BCUT2D eigenvalue weighted by Gasteiger charge is 2.14. The third-order valence-corrected chi connectivity index (χ3v) is 3.29. The molecule has 0 heterocycles. The van der Waals surface area contributed by atoms with Gasteiger partial charge in [0.25, 0.3) is 5.69 Å². The van der Waals surface area contributed by atoms with Gasteiger partial charge in [-0.1, -0.05) is 6.07 Å². The van der Waals surface area contributed by atoms with E-state index in [2.05, 4.69) is 10.6 Å². The van der Waals surface area contributed by atoms with Crippen molar-refractivity contribution in [3.05, 3.63) is 64.0 Å². The number of hydrogen-bond donors (Lipinski definition) is 2. The van der Waals surface area contributed by atoms with E-state index in [0.29, 0.717) is 16.9 Å². The van der Waals surface area contributed by atoms with Crippen LogP contribution >= 0.6 is 0 Å². The molecule has 0 saturated heterocycles. The zero-order valence-electron chi connectivity index (χ0n) is 12.7. The van der Waals surface area contributed by atoms with E-state index in [1.807, 2.05) is 0 Å². The average Bonchev–Trinajstić information content (AvgIpc) is 2.51. The van der Waals surface area contributed by atoms with Gasteiger partial charge in [0.05, 0.1) is 4.92 Å². The molecule has 2 aromatic carbocycles. The highest BCUT2D eigenvalue weighted by Crippen LogP contribution is 2.17. The van der Waals surface area contributed by atoms with E-state index in [1.54, 1.807) is 26.0 Å². The van der Waals surface area contributed by atoms with E-state index in [0.717, 1.165) is 0 Å². The van der Waals surface area contributed by atoms with Crippen LogP contribution < -0.4 is 10.6 Å². The quantitative estimate of drug-likeness (QED) is 0.653. The van der Waals surface area contributed by atoms with Gasteiger partial charge in [-0.15, -0.1) is 0 Å². The predicted molar refractivity (Wildman–Crippen MR) is 85.9 cm³/mol. The number of halogens is 1. The maximum absolute atomic E-state index is 13.5. The van der Waals surface area contributed by atoms with Crippen LogP contribution in [0.5, 0.6) is 0 Å². The Balaban J connectivity index is 1.99. The Bertz CT molecular complexity index is 732. The lowest BCUT2D eigenvalue weighted by Gasteiger charge is -2.15. The number of non-ortho nitro benzene ring substituents is 1. The van der Waals surface area contributed by atoms with Gasteiger partial charge in [-0.2, -0.15) is 0 Å². The molecule has 2 N–H and O–H groups in total. The van der Waals surface area contributed by atoms with Crippen molar-refractivity contribution in [3.8, 4) is 0 Å². The maximum atomic E-state index is 13.5. The van der Waals surface area contributed by atoms with Crippen molar-refractivity contribution in [3.63, 3.8) is 0 Å². The molecule has 6 nitrogen and oxygen atoms in total. The van der Waals surface area contributed by atoms with Gasteiger partial charge in [-0.05, 0) is 43.7 Å². The number of nitro groups is 1. The van der Waals surface area contributed by atoms with Crippen LogP contribution in [0, 0.1) is 22.9 Å². The number of rotatable bonds is 5. The third-order valence-electron chi connectivity index (χ3n) is 3.29. The van der Waals surface area contributed by atoms with Gasteiger partial charge in [-0.25, -0.2) is 4.39 Å². The minimum absolute atomic E-state index is 0.0516. The topological polar surface area (TPSA) is 84.3 Å². The number of amides is 1. The summed E-state index contributed by atoms with van der Waals surface area (Å²) in [5, 5.41) is 16.1. The van der Waals surface area contributed by atoms with E-state index in [9.17, 15) is 19.3 Å². The summed E-state index contributed by atoms with van der Waals surface area (Å²) in [6.45, 7) is 3.29. The highest BCUT2D eigenvalue weighted by molar-refractivity contribution is 5.96. The molecule has 2 rings (SSSR count). The van der Waals surface area contributed by atoms with Crippen LogP contribution in [0.15, 0.2) is 42.5 Å². The summed E-state index contributed by atoms with van der Waals surface area (Å²) in [7, 11) is 0. The first-order valence-corrected chi connectivity index (χ1v) is 6.95. The zero-order chi connectivity index (χ0) is 17.0.